The van der Waals surface area contributed by atoms with Crippen LogP contribution in [-0.2, 0) is 4.79 Å². The zero-order valence-corrected chi connectivity index (χ0v) is 11.1. The van der Waals surface area contributed by atoms with Gasteiger partial charge in [0.15, 0.2) is 0 Å². The molecule has 2 amide bonds. The number of anilines is 1. The lowest BCUT2D eigenvalue weighted by Crippen LogP contribution is -2.46. The number of hydrogen-bond donors (Lipinski definition) is 3. The average molecular weight is 286 g/mol. The molecule has 110 valence electrons. The minimum absolute atomic E-state index is 0.225. The van der Waals surface area contributed by atoms with Gasteiger partial charge in [0.25, 0.3) is 0 Å². The Morgan fingerprint density at radius 3 is 2.50 bits per heavy atom. The molecule has 2 atom stereocenters. The molecule has 2 unspecified atom stereocenters. The van der Waals surface area contributed by atoms with Crippen molar-refractivity contribution in [2.75, 3.05) is 5.32 Å². The van der Waals surface area contributed by atoms with Crippen LogP contribution in [0.4, 0.5) is 19.3 Å². The molecule has 1 aromatic rings. The highest BCUT2D eigenvalue weighted by atomic mass is 19.1. The summed E-state index contributed by atoms with van der Waals surface area (Å²) in [6.07, 6.45) is 0.558. The van der Waals surface area contributed by atoms with Crippen molar-refractivity contribution in [3.8, 4) is 0 Å². The van der Waals surface area contributed by atoms with Crippen molar-refractivity contribution in [2.24, 2.45) is 5.92 Å². The number of rotatable bonds is 5. The molecule has 0 saturated carbocycles. The van der Waals surface area contributed by atoms with Gasteiger partial charge in [-0.3, -0.25) is 0 Å². The van der Waals surface area contributed by atoms with Gasteiger partial charge in [0.05, 0.1) is 5.69 Å². The minimum Gasteiger partial charge on any atom is -0.480 e. The van der Waals surface area contributed by atoms with Crippen molar-refractivity contribution in [1.82, 2.24) is 5.32 Å². The Bertz CT molecular complexity index is 508. The Morgan fingerprint density at radius 1 is 1.35 bits per heavy atom. The van der Waals surface area contributed by atoms with E-state index in [4.69, 9.17) is 5.11 Å². The Kier molecular flexibility index (Phi) is 5.42. The molecule has 0 aromatic heterocycles. The van der Waals surface area contributed by atoms with Crippen LogP contribution in [0.5, 0.6) is 0 Å². The van der Waals surface area contributed by atoms with Crippen molar-refractivity contribution >= 4 is 17.7 Å². The third kappa shape index (κ3) is 4.18. The van der Waals surface area contributed by atoms with Gasteiger partial charge in [-0.15, -0.1) is 0 Å². The van der Waals surface area contributed by atoms with Gasteiger partial charge in [-0.1, -0.05) is 20.3 Å². The first-order chi connectivity index (χ1) is 9.35. The quantitative estimate of drug-likeness (QED) is 0.778. The van der Waals surface area contributed by atoms with Crippen LogP contribution >= 0.6 is 0 Å². The van der Waals surface area contributed by atoms with Crippen LogP contribution in [0.2, 0.25) is 0 Å². The first-order valence-electron chi connectivity index (χ1n) is 6.10. The summed E-state index contributed by atoms with van der Waals surface area (Å²) in [6.45, 7) is 3.47. The lowest BCUT2D eigenvalue weighted by atomic mass is 9.99. The number of carbonyl (C=O) groups excluding carboxylic acids is 1. The molecule has 0 aliphatic carbocycles. The highest BCUT2D eigenvalue weighted by Gasteiger charge is 2.25. The van der Waals surface area contributed by atoms with Crippen LogP contribution < -0.4 is 10.6 Å². The Hall–Kier alpha value is -2.18. The van der Waals surface area contributed by atoms with Gasteiger partial charge in [-0.05, 0) is 18.1 Å². The van der Waals surface area contributed by atoms with E-state index in [0.29, 0.717) is 12.5 Å². The van der Waals surface area contributed by atoms with Crippen LogP contribution in [0, 0.1) is 17.6 Å². The summed E-state index contributed by atoms with van der Waals surface area (Å²) < 4.78 is 26.0. The van der Waals surface area contributed by atoms with E-state index in [1.165, 1.54) is 0 Å². The smallest absolute Gasteiger partial charge is 0.326 e. The molecule has 20 heavy (non-hydrogen) atoms. The van der Waals surface area contributed by atoms with Crippen LogP contribution in [0.15, 0.2) is 18.2 Å². The van der Waals surface area contributed by atoms with E-state index in [-0.39, 0.29) is 11.6 Å². The second-order valence-electron chi connectivity index (χ2n) is 4.42. The third-order valence-electron chi connectivity index (χ3n) is 2.94. The molecule has 7 heteroatoms. The van der Waals surface area contributed by atoms with Crippen LogP contribution in [0.25, 0.3) is 0 Å². The van der Waals surface area contributed by atoms with Crippen molar-refractivity contribution < 1.29 is 23.5 Å². The summed E-state index contributed by atoms with van der Waals surface area (Å²) >= 11 is 0. The molecule has 3 N–H and O–H groups in total. The molecule has 0 saturated heterocycles. The van der Waals surface area contributed by atoms with Crippen molar-refractivity contribution in [3.05, 3.63) is 29.8 Å². The normalized spacial score (nSPS) is 13.4. The topological polar surface area (TPSA) is 78.4 Å². The number of halogens is 2. The van der Waals surface area contributed by atoms with E-state index in [1.54, 1.807) is 13.8 Å². The fourth-order valence-electron chi connectivity index (χ4n) is 1.57. The van der Waals surface area contributed by atoms with Crippen molar-refractivity contribution in [1.29, 1.82) is 0 Å². The predicted octanol–water partition coefficient (Wildman–Crippen LogP) is 2.59. The summed E-state index contributed by atoms with van der Waals surface area (Å²) in [7, 11) is 0. The van der Waals surface area contributed by atoms with Gasteiger partial charge in [0, 0.05) is 6.07 Å². The van der Waals surface area contributed by atoms with Gasteiger partial charge in [0.2, 0.25) is 0 Å². The fraction of sp³-hybridized carbons (Fsp3) is 0.385. The molecule has 0 bridgehead atoms. The van der Waals surface area contributed by atoms with Crippen LogP contribution in [0.3, 0.4) is 0 Å². The van der Waals surface area contributed by atoms with Crippen LogP contribution in [0.1, 0.15) is 20.3 Å². The zero-order chi connectivity index (χ0) is 15.3. The molecule has 0 radical (unpaired) electrons. The summed E-state index contributed by atoms with van der Waals surface area (Å²) in [5, 5.41) is 13.4. The van der Waals surface area contributed by atoms with E-state index in [1.807, 2.05) is 0 Å². The van der Waals surface area contributed by atoms with Crippen LogP contribution in [-0.4, -0.2) is 23.1 Å². The number of nitrogens with one attached hydrogen (secondary N) is 2. The number of carboxylic acid groups (broad SMARTS) is 1. The number of urea groups is 1. The Labute approximate surface area is 115 Å². The highest BCUT2D eigenvalue weighted by molar-refractivity contribution is 5.92. The second-order valence-corrected chi connectivity index (χ2v) is 4.42. The van der Waals surface area contributed by atoms with Gasteiger partial charge in [-0.2, -0.15) is 0 Å². The number of aliphatic carboxylic acids is 1. The molecule has 0 heterocycles. The largest absolute Gasteiger partial charge is 0.480 e. The first-order valence-corrected chi connectivity index (χ1v) is 6.10. The summed E-state index contributed by atoms with van der Waals surface area (Å²) in [6, 6.07) is 0.733. The molecule has 0 aliphatic rings. The van der Waals surface area contributed by atoms with Gasteiger partial charge in [0.1, 0.15) is 17.7 Å². The number of benzene rings is 1. The van der Waals surface area contributed by atoms with E-state index < -0.39 is 29.7 Å². The first kappa shape index (κ1) is 15.9. The maximum absolute atomic E-state index is 13.3. The molecular weight excluding hydrogens is 270 g/mol. The lowest BCUT2D eigenvalue weighted by molar-refractivity contribution is -0.140. The number of carboxylic acids is 1. The van der Waals surface area contributed by atoms with Gasteiger partial charge in [-0.25, -0.2) is 18.4 Å². The van der Waals surface area contributed by atoms with E-state index in [9.17, 15) is 18.4 Å². The Balaban J connectivity index is 2.73. The molecular formula is C13H16F2N2O3. The Morgan fingerprint density at radius 2 is 2.00 bits per heavy atom. The standard InChI is InChI=1S/C13H16F2N2O3/c1-3-7(2)11(12(18)19)17-13(20)16-10-5-4-8(14)6-9(10)15/h4-7,11H,3H2,1-2H3,(H,18,19)(H2,16,17,20). The second kappa shape index (κ2) is 6.83. The van der Waals surface area contributed by atoms with Crippen molar-refractivity contribution in [2.45, 2.75) is 26.3 Å². The van der Waals surface area contributed by atoms with Crippen molar-refractivity contribution in [3.63, 3.8) is 0 Å². The molecule has 0 spiro atoms. The molecule has 1 rings (SSSR count). The van der Waals surface area contributed by atoms with Gasteiger partial charge < -0.3 is 15.7 Å². The zero-order valence-electron chi connectivity index (χ0n) is 11.1. The van der Waals surface area contributed by atoms with E-state index in [2.05, 4.69) is 10.6 Å². The summed E-state index contributed by atoms with van der Waals surface area (Å²) in [5.74, 6) is -3.16. The monoisotopic (exact) mass is 286 g/mol. The molecule has 1 aromatic carbocycles. The molecule has 0 fully saturated rings. The van der Waals surface area contributed by atoms with E-state index in [0.717, 1.165) is 12.1 Å². The van der Waals surface area contributed by atoms with E-state index >= 15 is 0 Å². The lowest BCUT2D eigenvalue weighted by Gasteiger charge is -2.20. The number of carbonyl (C=O) groups is 2. The molecule has 0 aliphatic heterocycles. The SMILES string of the molecule is CCC(C)C(NC(=O)Nc1ccc(F)cc1F)C(=O)O. The third-order valence-corrected chi connectivity index (χ3v) is 2.94. The predicted molar refractivity (Wildman–Crippen MR) is 69.4 cm³/mol. The minimum atomic E-state index is -1.17. The maximum Gasteiger partial charge on any atom is 0.326 e. The number of hydrogen-bond acceptors (Lipinski definition) is 2. The summed E-state index contributed by atoms with van der Waals surface area (Å²) in [5.41, 5.74) is -0.225. The van der Waals surface area contributed by atoms with Gasteiger partial charge >= 0.3 is 12.0 Å². The molecule has 5 nitrogen and oxygen atoms in total. The average Bonchev–Trinajstić information content (AvgIpc) is 2.38. The fourth-order valence-corrected chi connectivity index (χ4v) is 1.57. The summed E-state index contributed by atoms with van der Waals surface area (Å²) in [4.78, 5) is 22.7. The number of amides is 2. The highest BCUT2D eigenvalue weighted by Crippen LogP contribution is 2.15. The maximum atomic E-state index is 13.3.